The van der Waals surface area contributed by atoms with E-state index in [4.69, 9.17) is 11.6 Å². The Morgan fingerprint density at radius 3 is 2.67 bits per heavy atom. The molecule has 1 rings (SSSR count). The lowest BCUT2D eigenvalue weighted by atomic mass is 10.0. The molecule has 1 unspecified atom stereocenters. The fourth-order valence-electron chi connectivity index (χ4n) is 1.63. The molecule has 0 saturated heterocycles. The first-order chi connectivity index (χ1) is 8.43. The largest absolute Gasteiger partial charge is 0.358 e. The third kappa shape index (κ3) is 4.88. The summed E-state index contributed by atoms with van der Waals surface area (Å²) in [5.74, 6) is 0.504. The number of hydrogen-bond acceptors (Lipinski definition) is 3. The molecule has 2 N–H and O–H groups in total. The first-order valence-electron chi connectivity index (χ1n) is 5.82. The minimum atomic E-state index is -0.158. The number of rotatable bonds is 6. The van der Waals surface area contributed by atoms with Crippen LogP contribution in [0.15, 0.2) is 10.5 Å². The number of thiophene rings is 1. The molecule has 102 valence electrons. The highest BCUT2D eigenvalue weighted by Crippen LogP contribution is 2.31. The summed E-state index contributed by atoms with van der Waals surface area (Å²) in [6.07, 6.45) is 0.819. The van der Waals surface area contributed by atoms with Crippen molar-refractivity contribution in [2.75, 3.05) is 7.05 Å². The zero-order chi connectivity index (χ0) is 13.7. The van der Waals surface area contributed by atoms with Gasteiger partial charge in [0, 0.05) is 22.9 Å². The van der Waals surface area contributed by atoms with E-state index in [0.717, 1.165) is 20.1 Å². The van der Waals surface area contributed by atoms with E-state index >= 15 is 0 Å². The van der Waals surface area contributed by atoms with Crippen LogP contribution in [0.4, 0.5) is 0 Å². The van der Waals surface area contributed by atoms with E-state index in [2.05, 4.69) is 40.4 Å². The third-order valence-electron chi connectivity index (χ3n) is 2.49. The maximum atomic E-state index is 11.7. The van der Waals surface area contributed by atoms with E-state index in [1.54, 1.807) is 7.05 Å². The molecule has 0 aromatic carbocycles. The third-order valence-corrected chi connectivity index (χ3v) is 4.96. The number of hydrogen-bond donors (Lipinski definition) is 2. The molecule has 1 aromatic heterocycles. The lowest BCUT2D eigenvalue weighted by Crippen LogP contribution is -2.43. The van der Waals surface area contributed by atoms with Gasteiger partial charge >= 0.3 is 0 Å². The molecule has 1 aromatic rings. The van der Waals surface area contributed by atoms with Crippen LogP contribution in [-0.4, -0.2) is 19.0 Å². The van der Waals surface area contributed by atoms with Gasteiger partial charge in [-0.2, -0.15) is 0 Å². The van der Waals surface area contributed by atoms with Crippen LogP contribution in [0.2, 0.25) is 4.34 Å². The monoisotopic (exact) mass is 352 g/mol. The highest BCUT2D eigenvalue weighted by molar-refractivity contribution is 9.10. The Balaban J connectivity index is 2.58. The van der Waals surface area contributed by atoms with Crippen LogP contribution in [0.3, 0.4) is 0 Å². The van der Waals surface area contributed by atoms with E-state index in [9.17, 15) is 4.79 Å². The van der Waals surface area contributed by atoms with Crippen molar-refractivity contribution in [2.24, 2.45) is 5.92 Å². The second-order valence-electron chi connectivity index (χ2n) is 4.51. The van der Waals surface area contributed by atoms with Crippen molar-refractivity contribution in [3.8, 4) is 0 Å². The van der Waals surface area contributed by atoms with Crippen molar-refractivity contribution in [2.45, 2.75) is 32.9 Å². The molecular weight excluding hydrogens is 336 g/mol. The van der Waals surface area contributed by atoms with Gasteiger partial charge < -0.3 is 10.6 Å². The van der Waals surface area contributed by atoms with Gasteiger partial charge in [0.25, 0.3) is 0 Å². The Morgan fingerprint density at radius 2 is 2.22 bits per heavy atom. The SMILES string of the molecule is CNC(=O)C(CC(C)C)NCc1cc(Br)c(Cl)s1. The van der Waals surface area contributed by atoms with E-state index < -0.39 is 0 Å². The number of nitrogens with one attached hydrogen (secondary N) is 2. The number of carbonyl (C=O) groups is 1. The molecule has 0 bridgehead atoms. The molecule has 1 heterocycles. The van der Waals surface area contributed by atoms with Crippen molar-refractivity contribution < 1.29 is 4.79 Å². The normalized spacial score (nSPS) is 12.8. The molecule has 0 fully saturated rings. The highest BCUT2D eigenvalue weighted by Gasteiger charge is 2.18. The van der Waals surface area contributed by atoms with Gasteiger partial charge in [-0.15, -0.1) is 11.3 Å². The second-order valence-corrected chi connectivity index (χ2v) is 7.10. The van der Waals surface area contributed by atoms with Crippen molar-refractivity contribution in [3.63, 3.8) is 0 Å². The van der Waals surface area contributed by atoms with Crippen LogP contribution in [0.1, 0.15) is 25.1 Å². The Morgan fingerprint density at radius 1 is 1.56 bits per heavy atom. The van der Waals surface area contributed by atoms with Crippen molar-refractivity contribution in [1.82, 2.24) is 10.6 Å². The summed E-state index contributed by atoms with van der Waals surface area (Å²) in [5, 5.41) is 5.97. The van der Waals surface area contributed by atoms with Gasteiger partial charge in [-0.1, -0.05) is 25.4 Å². The smallest absolute Gasteiger partial charge is 0.236 e. The molecule has 0 radical (unpaired) electrons. The quantitative estimate of drug-likeness (QED) is 0.823. The topological polar surface area (TPSA) is 41.1 Å². The number of carbonyl (C=O) groups excluding carboxylic acids is 1. The van der Waals surface area contributed by atoms with Crippen LogP contribution in [0.5, 0.6) is 0 Å². The first-order valence-corrected chi connectivity index (χ1v) is 7.81. The van der Waals surface area contributed by atoms with E-state index in [1.807, 2.05) is 6.07 Å². The molecule has 6 heteroatoms. The molecule has 0 spiro atoms. The van der Waals surface area contributed by atoms with E-state index in [1.165, 1.54) is 11.3 Å². The molecule has 0 aliphatic carbocycles. The zero-order valence-corrected chi connectivity index (χ0v) is 13.9. The lowest BCUT2D eigenvalue weighted by molar-refractivity contribution is -0.123. The van der Waals surface area contributed by atoms with Gasteiger partial charge in [0.1, 0.15) is 4.34 Å². The molecule has 0 saturated carbocycles. The maximum Gasteiger partial charge on any atom is 0.236 e. The molecule has 0 aliphatic rings. The summed E-state index contributed by atoms with van der Waals surface area (Å²) in [4.78, 5) is 12.9. The summed E-state index contributed by atoms with van der Waals surface area (Å²) in [6.45, 7) is 4.87. The fourth-order valence-corrected chi connectivity index (χ4v) is 3.37. The molecule has 3 nitrogen and oxygen atoms in total. The van der Waals surface area contributed by atoms with Gasteiger partial charge in [0.15, 0.2) is 0 Å². The Kier molecular flexibility index (Phi) is 6.63. The maximum absolute atomic E-state index is 11.7. The van der Waals surface area contributed by atoms with Crippen molar-refractivity contribution in [3.05, 3.63) is 19.8 Å². The fraction of sp³-hybridized carbons (Fsp3) is 0.583. The van der Waals surface area contributed by atoms with Gasteiger partial charge in [-0.25, -0.2) is 0 Å². The zero-order valence-electron chi connectivity index (χ0n) is 10.7. The minimum absolute atomic E-state index is 0.0328. The Hall–Kier alpha value is -0.100. The standard InChI is InChI=1S/C12H18BrClN2OS/c1-7(2)4-10(12(17)15-3)16-6-8-5-9(13)11(14)18-8/h5,7,10,16H,4,6H2,1-3H3,(H,15,17). The van der Waals surface area contributed by atoms with Crippen LogP contribution in [-0.2, 0) is 11.3 Å². The van der Waals surface area contributed by atoms with Gasteiger partial charge in [-0.3, -0.25) is 4.79 Å². The predicted octanol–water partition coefficient (Wildman–Crippen LogP) is 3.41. The van der Waals surface area contributed by atoms with Crippen molar-refractivity contribution in [1.29, 1.82) is 0 Å². The van der Waals surface area contributed by atoms with Crippen molar-refractivity contribution >= 4 is 44.8 Å². The average molecular weight is 354 g/mol. The number of halogens is 2. The molecule has 1 amide bonds. The van der Waals surface area contributed by atoms with Crippen LogP contribution < -0.4 is 10.6 Å². The average Bonchev–Trinajstić information content (AvgIpc) is 2.62. The highest BCUT2D eigenvalue weighted by atomic mass is 79.9. The number of amides is 1. The van der Waals surface area contributed by atoms with Gasteiger partial charge in [0.05, 0.1) is 6.04 Å². The summed E-state index contributed by atoms with van der Waals surface area (Å²) in [5.41, 5.74) is 0. The molecule has 1 atom stereocenters. The second kappa shape index (κ2) is 7.48. The summed E-state index contributed by atoms with van der Waals surface area (Å²) in [6, 6.07) is 1.82. The molecule has 0 aliphatic heterocycles. The predicted molar refractivity (Wildman–Crippen MR) is 81.2 cm³/mol. The van der Waals surface area contributed by atoms with E-state index in [-0.39, 0.29) is 11.9 Å². The number of likely N-dealkylation sites (N-methyl/N-ethyl adjacent to an activating group) is 1. The summed E-state index contributed by atoms with van der Waals surface area (Å²) in [7, 11) is 1.66. The summed E-state index contributed by atoms with van der Waals surface area (Å²) >= 11 is 10.9. The first kappa shape index (κ1) is 16.0. The Labute approximate surface area is 125 Å². The molecule has 18 heavy (non-hydrogen) atoms. The van der Waals surface area contributed by atoms with Gasteiger partial charge in [0.2, 0.25) is 5.91 Å². The van der Waals surface area contributed by atoms with E-state index in [0.29, 0.717) is 12.5 Å². The Bertz CT molecular complexity index is 389. The van der Waals surface area contributed by atoms with Crippen LogP contribution in [0.25, 0.3) is 0 Å². The van der Waals surface area contributed by atoms with Gasteiger partial charge in [-0.05, 0) is 34.3 Å². The summed E-state index contributed by atoms with van der Waals surface area (Å²) < 4.78 is 1.65. The lowest BCUT2D eigenvalue weighted by Gasteiger charge is -2.18. The minimum Gasteiger partial charge on any atom is -0.358 e. The van der Waals surface area contributed by atoms with Crippen LogP contribution >= 0.6 is 38.9 Å². The molecular formula is C12H18BrClN2OS. The van der Waals surface area contributed by atoms with Crippen LogP contribution in [0, 0.1) is 5.92 Å².